The lowest BCUT2D eigenvalue weighted by atomic mass is 9.68. The third-order valence-electron chi connectivity index (χ3n) is 5.02. The van der Waals surface area contributed by atoms with Gasteiger partial charge in [0.2, 0.25) is 0 Å². The van der Waals surface area contributed by atoms with E-state index in [4.69, 9.17) is 10.5 Å². The Morgan fingerprint density at radius 2 is 1.78 bits per heavy atom. The van der Waals surface area contributed by atoms with E-state index in [1.807, 2.05) is 0 Å². The fourth-order valence-corrected chi connectivity index (χ4v) is 3.70. The molecule has 0 bridgehead atoms. The SMILES string of the molecule is COCCC(N)CN1CCC2(CCCCC2)CC1. The Morgan fingerprint density at radius 1 is 1.11 bits per heavy atom. The van der Waals surface area contributed by atoms with Crippen LogP contribution in [-0.4, -0.2) is 44.3 Å². The summed E-state index contributed by atoms with van der Waals surface area (Å²) in [5.74, 6) is 0. The molecule has 0 radical (unpaired) electrons. The number of methoxy groups -OCH3 is 1. The Morgan fingerprint density at radius 3 is 2.39 bits per heavy atom. The lowest BCUT2D eigenvalue weighted by Gasteiger charge is -2.44. The maximum Gasteiger partial charge on any atom is 0.0477 e. The summed E-state index contributed by atoms with van der Waals surface area (Å²) in [5.41, 5.74) is 6.85. The van der Waals surface area contributed by atoms with Crippen LogP contribution in [0.25, 0.3) is 0 Å². The van der Waals surface area contributed by atoms with Crippen LogP contribution in [0.5, 0.6) is 0 Å². The van der Waals surface area contributed by atoms with E-state index >= 15 is 0 Å². The third kappa shape index (κ3) is 3.94. The molecule has 3 nitrogen and oxygen atoms in total. The van der Waals surface area contributed by atoms with Crippen molar-refractivity contribution in [2.75, 3.05) is 33.4 Å². The van der Waals surface area contributed by atoms with E-state index < -0.39 is 0 Å². The van der Waals surface area contributed by atoms with E-state index in [0.29, 0.717) is 5.41 Å². The maximum atomic E-state index is 6.14. The summed E-state index contributed by atoms with van der Waals surface area (Å²) < 4.78 is 5.09. The lowest BCUT2D eigenvalue weighted by molar-refractivity contribution is 0.0627. The van der Waals surface area contributed by atoms with Crippen LogP contribution in [0.3, 0.4) is 0 Å². The highest BCUT2D eigenvalue weighted by atomic mass is 16.5. The Kier molecular flexibility index (Phi) is 5.46. The van der Waals surface area contributed by atoms with Crippen molar-refractivity contribution in [1.82, 2.24) is 4.90 Å². The molecule has 1 aliphatic carbocycles. The zero-order valence-electron chi connectivity index (χ0n) is 12.0. The summed E-state index contributed by atoms with van der Waals surface area (Å²) in [4.78, 5) is 2.57. The molecule has 0 aromatic rings. The quantitative estimate of drug-likeness (QED) is 0.819. The molecule has 2 aliphatic rings. The molecule has 0 amide bonds. The summed E-state index contributed by atoms with van der Waals surface area (Å²) >= 11 is 0. The number of ether oxygens (including phenoxy) is 1. The first-order valence-electron chi connectivity index (χ1n) is 7.71. The van der Waals surface area contributed by atoms with E-state index in [1.54, 1.807) is 7.11 Å². The van der Waals surface area contributed by atoms with E-state index in [-0.39, 0.29) is 6.04 Å². The normalized spacial score (nSPS) is 26.3. The molecule has 106 valence electrons. The Labute approximate surface area is 112 Å². The van der Waals surface area contributed by atoms with Crippen molar-refractivity contribution in [3.8, 4) is 0 Å². The van der Waals surface area contributed by atoms with Gasteiger partial charge in [0.1, 0.15) is 0 Å². The van der Waals surface area contributed by atoms with Gasteiger partial charge in [-0.2, -0.15) is 0 Å². The van der Waals surface area contributed by atoms with E-state index in [1.165, 1.54) is 58.0 Å². The van der Waals surface area contributed by atoms with Gasteiger partial charge in [0, 0.05) is 26.3 Å². The number of hydrogen-bond acceptors (Lipinski definition) is 3. The van der Waals surface area contributed by atoms with Gasteiger partial charge in [-0.15, -0.1) is 0 Å². The largest absolute Gasteiger partial charge is 0.385 e. The molecule has 0 aromatic heterocycles. The van der Waals surface area contributed by atoms with Crippen LogP contribution in [0, 0.1) is 5.41 Å². The zero-order chi connectivity index (χ0) is 12.8. The van der Waals surface area contributed by atoms with Crippen molar-refractivity contribution in [2.24, 2.45) is 11.1 Å². The van der Waals surface area contributed by atoms with Crippen molar-refractivity contribution in [2.45, 2.75) is 57.4 Å². The Hall–Kier alpha value is -0.120. The molecule has 18 heavy (non-hydrogen) atoms. The van der Waals surface area contributed by atoms with Crippen LogP contribution >= 0.6 is 0 Å². The standard InChI is InChI=1S/C15H30N2O/c1-18-12-5-14(16)13-17-10-8-15(9-11-17)6-3-2-4-7-15/h14H,2-13,16H2,1H3. The lowest BCUT2D eigenvalue weighted by Crippen LogP contribution is -2.46. The van der Waals surface area contributed by atoms with Gasteiger partial charge in [-0.3, -0.25) is 0 Å². The number of nitrogens with zero attached hydrogens (tertiary/aromatic N) is 1. The first kappa shape index (κ1) is 14.3. The summed E-state index contributed by atoms with van der Waals surface area (Å²) in [5, 5.41) is 0. The average molecular weight is 254 g/mol. The van der Waals surface area contributed by atoms with Crippen LogP contribution in [0.4, 0.5) is 0 Å². The van der Waals surface area contributed by atoms with Crippen LogP contribution < -0.4 is 5.73 Å². The molecule has 1 saturated carbocycles. The molecule has 1 aliphatic heterocycles. The van der Waals surface area contributed by atoms with Gasteiger partial charge in [0.05, 0.1) is 0 Å². The first-order chi connectivity index (χ1) is 8.74. The number of hydrogen-bond donors (Lipinski definition) is 1. The van der Waals surface area contributed by atoms with Gasteiger partial charge >= 0.3 is 0 Å². The van der Waals surface area contributed by atoms with Gasteiger partial charge in [-0.25, -0.2) is 0 Å². The summed E-state index contributed by atoms with van der Waals surface area (Å²) in [6, 6.07) is 0.283. The van der Waals surface area contributed by atoms with Gasteiger partial charge in [0.25, 0.3) is 0 Å². The van der Waals surface area contributed by atoms with Crippen LogP contribution in [0.15, 0.2) is 0 Å². The average Bonchev–Trinajstić information content (AvgIpc) is 2.40. The predicted molar refractivity (Wildman–Crippen MR) is 75.7 cm³/mol. The Bertz CT molecular complexity index is 229. The fraction of sp³-hybridized carbons (Fsp3) is 1.00. The van der Waals surface area contributed by atoms with Crippen LogP contribution in [0.2, 0.25) is 0 Å². The minimum atomic E-state index is 0.283. The van der Waals surface area contributed by atoms with Crippen molar-refractivity contribution in [1.29, 1.82) is 0 Å². The molecular formula is C15H30N2O. The van der Waals surface area contributed by atoms with Gasteiger partial charge in [0.15, 0.2) is 0 Å². The van der Waals surface area contributed by atoms with Crippen molar-refractivity contribution >= 4 is 0 Å². The Balaban J connectivity index is 1.69. The molecule has 2 rings (SSSR count). The summed E-state index contributed by atoms with van der Waals surface area (Å²) in [6.07, 6.45) is 11.2. The van der Waals surface area contributed by atoms with E-state index in [9.17, 15) is 0 Å². The molecule has 1 unspecified atom stereocenters. The molecule has 3 heteroatoms. The number of piperidine rings is 1. The zero-order valence-corrected chi connectivity index (χ0v) is 12.0. The van der Waals surface area contributed by atoms with Crippen LogP contribution in [-0.2, 0) is 4.74 Å². The molecule has 1 atom stereocenters. The fourth-order valence-electron chi connectivity index (χ4n) is 3.70. The highest BCUT2D eigenvalue weighted by Gasteiger charge is 2.35. The van der Waals surface area contributed by atoms with E-state index in [2.05, 4.69) is 4.90 Å². The molecule has 1 heterocycles. The topological polar surface area (TPSA) is 38.5 Å². The predicted octanol–water partition coefficient (Wildman–Crippen LogP) is 2.40. The van der Waals surface area contributed by atoms with Crippen molar-refractivity contribution in [3.05, 3.63) is 0 Å². The monoisotopic (exact) mass is 254 g/mol. The smallest absolute Gasteiger partial charge is 0.0477 e. The molecule has 2 N–H and O–H groups in total. The molecular weight excluding hydrogens is 224 g/mol. The molecule has 1 spiro atoms. The van der Waals surface area contributed by atoms with Gasteiger partial charge < -0.3 is 15.4 Å². The highest BCUT2D eigenvalue weighted by Crippen LogP contribution is 2.44. The maximum absolute atomic E-state index is 6.14. The number of nitrogens with two attached hydrogens (primary N) is 1. The second-order valence-electron chi connectivity index (χ2n) is 6.40. The van der Waals surface area contributed by atoms with Crippen molar-refractivity contribution < 1.29 is 4.74 Å². The third-order valence-corrected chi connectivity index (χ3v) is 5.02. The van der Waals surface area contributed by atoms with Gasteiger partial charge in [-0.1, -0.05) is 19.3 Å². The van der Waals surface area contributed by atoms with E-state index in [0.717, 1.165) is 19.6 Å². The van der Waals surface area contributed by atoms with Crippen LogP contribution in [0.1, 0.15) is 51.4 Å². The number of likely N-dealkylation sites (tertiary alicyclic amines) is 1. The minimum Gasteiger partial charge on any atom is -0.385 e. The molecule has 2 fully saturated rings. The second-order valence-corrected chi connectivity index (χ2v) is 6.40. The second kappa shape index (κ2) is 6.88. The van der Waals surface area contributed by atoms with Crippen molar-refractivity contribution in [3.63, 3.8) is 0 Å². The first-order valence-corrected chi connectivity index (χ1v) is 7.71. The molecule has 0 aromatic carbocycles. The molecule has 1 saturated heterocycles. The highest BCUT2D eigenvalue weighted by molar-refractivity contribution is 4.88. The minimum absolute atomic E-state index is 0.283. The summed E-state index contributed by atoms with van der Waals surface area (Å²) in [6.45, 7) is 4.37. The van der Waals surface area contributed by atoms with Gasteiger partial charge in [-0.05, 0) is 50.6 Å². The number of rotatable bonds is 5. The summed E-state index contributed by atoms with van der Waals surface area (Å²) in [7, 11) is 1.75.